The Labute approximate surface area is 129 Å². The maximum Gasteiger partial charge on any atom is 0.0464 e. The largest absolute Gasteiger partial charge is 0.324 e. The van der Waals surface area contributed by atoms with Gasteiger partial charge in [-0.3, -0.25) is 0 Å². The van der Waals surface area contributed by atoms with Crippen molar-refractivity contribution in [1.82, 2.24) is 4.90 Å². The first-order valence-electron chi connectivity index (χ1n) is 6.95. The predicted octanol–water partition coefficient (Wildman–Crippen LogP) is 4.22. The number of nitrogens with two attached hydrogens (primary N) is 1. The fourth-order valence-corrected chi connectivity index (χ4v) is 3.34. The summed E-state index contributed by atoms with van der Waals surface area (Å²) in [6.07, 6.45) is 5.15. The van der Waals surface area contributed by atoms with Crippen LogP contribution >= 0.6 is 27.5 Å². The summed E-state index contributed by atoms with van der Waals surface area (Å²) >= 11 is 9.65. The molecule has 2 N–H and O–H groups in total. The van der Waals surface area contributed by atoms with Crippen LogP contribution in [0.2, 0.25) is 5.02 Å². The van der Waals surface area contributed by atoms with Gasteiger partial charge in [0, 0.05) is 22.1 Å². The third-order valence-corrected chi connectivity index (χ3v) is 4.80. The first kappa shape index (κ1) is 15.3. The van der Waals surface area contributed by atoms with Crippen molar-refractivity contribution in [1.29, 1.82) is 0 Å². The van der Waals surface area contributed by atoms with Crippen molar-refractivity contribution in [3.8, 4) is 0 Å². The smallest absolute Gasteiger partial charge is 0.0464 e. The molecular weight excluding hydrogens is 324 g/mol. The molecule has 2 rings (SSSR count). The predicted molar refractivity (Wildman–Crippen MR) is 85.5 cm³/mol. The van der Waals surface area contributed by atoms with E-state index in [0.717, 1.165) is 33.9 Å². The van der Waals surface area contributed by atoms with Crippen molar-refractivity contribution in [2.24, 2.45) is 11.7 Å². The third-order valence-electron chi connectivity index (χ3n) is 3.98. The molecule has 1 aromatic rings. The third kappa shape index (κ3) is 4.45. The molecule has 0 aliphatic heterocycles. The zero-order chi connectivity index (χ0) is 13.8. The Morgan fingerprint density at radius 2 is 2.21 bits per heavy atom. The number of halogens is 2. The van der Waals surface area contributed by atoms with Crippen LogP contribution in [-0.2, 0) is 0 Å². The van der Waals surface area contributed by atoms with Crippen molar-refractivity contribution < 1.29 is 0 Å². The summed E-state index contributed by atoms with van der Waals surface area (Å²) in [4.78, 5) is 2.40. The lowest BCUT2D eigenvalue weighted by Gasteiger charge is -2.30. The molecule has 1 fully saturated rings. The van der Waals surface area contributed by atoms with Gasteiger partial charge in [0.15, 0.2) is 0 Å². The SMILES string of the molecule is CN(CCC(N)c1ccc(Br)cc1Cl)CC1CCC1. The van der Waals surface area contributed by atoms with E-state index < -0.39 is 0 Å². The standard InChI is InChI=1S/C15H22BrClN2/c1-19(10-11-3-2-4-11)8-7-15(18)13-6-5-12(16)9-14(13)17/h5-6,9,11,15H,2-4,7-8,10,18H2,1H3. The van der Waals surface area contributed by atoms with Gasteiger partial charge < -0.3 is 10.6 Å². The van der Waals surface area contributed by atoms with E-state index in [9.17, 15) is 0 Å². The van der Waals surface area contributed by atoms with Gasteiger partial charge in [-0.05, 0) is 56.5 Å². The van der Waals surface area contributed by atoms with Gasteiger partial charge >= 0.3 is 0 Å². The van der Waals surface area contributed by atoms with Crippen molar-refractivity contribution in [3.05, 3.63) is 33.3 Å². The Hall–Kier alpha value is -0.0900. The van der Waals surface area contributed by atoms with E-state index in [1.807, 2.05) is 18.2 Å². The summed E-state index contributed by atoms with van der Waals surface area (Å²) in [6.45, 7) is 2.24. The molecule has 0 spiro atoms. The van der Waals surface area contributed by atoms with Crippen molar-refractivity contribution in [2.75, 3.05) is 20.1 Å². The zero-order valence-electron chi connectivity index (χ0n) is 11.4. The van der Waals surface area contributed by atoms with Crippen LogP contribution < -0.4 is 5.73 Å². The van der Waals surface area contributed by atoms with Crippen molar-refractivity contribution in [3.63, 3.8) is 0 Å². The van der Waals surface area contributed by atoms with E-state index in [-0.39, 0.29) is 6.04 Å². The van der Waals surface area contributed by atoms with Crippen molar-refractivity contribution >= 4 is 27.5 Å². The fourth-order valence-electron chi connectivity index (χ4n) is 2.52. The molecule has 1 aromatic carbocycles. The number of nitrogens with zero attached hydrogens (tertiary/aromatic N) is 1. The monoisotopic (exact) mass is 344 g/mol. The fraction of sp³-hybridized carbons (Fsp3) is 0.600. The van der Waals surface area contributed by atoms with E-state index in [2.05, 4.69) is 27.9 Å². The second-order valence-electron chi connectivity index (χ2n) is 5.62. The lowest BCUT2D eigenvalue weighted by molar-refractivity contribution is 0.201. The maximum atomic E-state index is 6.25. The average Bonchev–Trinajstić information content (AvgIpc) is 2.31. The summed E-state index contributed by atoms with van der Waals surface area (Å²) in [7, 11) is 2.19. The summed E-state index contributed by atoms with van der Waals surface area (Å²) < 4.78 is 0.996. The van der Waals surface area contributed by atoms with E-state index in [1.165, 1.54) is 25.8 Å². The molecule has 0 radical (unpaired) electrons. The molecule has 2 nitrogen and oxygen atoms in total. The van der Waals surface area contributed by atoms with Gasteiger partial charge in [0.25, 0.3) is 0 Å². The van der Waals surface area contributed by atoms with Crippen LogP contribution in [-0.4, -0.2) is 25.0 Å². The Morgan fingerprint density at radius 3 is 2.79 bits per heavy atom. The first-order chi connectivity index (χ1) is 9.06. The van der Waals surface area contributed by atoms with Gasteiger partial charge in [0.1, 0.15) is 0 Å². The molecule has 0 bridgehead atoms. The second-order valence-corrected chi connectivity index (χ2v) is 6.94. The Kier molecular flexibility index (Phi) is 5.70. The highest BCUT2D eigenvalue weighted by Crippen LogP contribution is 2.28. The molecule has 106 valence electrons. The molecule has 0 amide bonds. The minimum atomic E-state index is 0.0180. The molecular formula is C15H22BrClN2. The Morgan fingerprint density at radius 1 is 1.47 bits per heavy atom. The van der Waals surface area contributed by atoms with Crippen LogP contribution in [0.4, 0.5) is 0 Å². The zero-order valence-corrected chi connectivity index (χ0v) is 13.8. The van der Waals surface area contributed by atoms with Gasteiger partial charge in [-0.25, -0.2) is 0 Å². The summed E-state index contributed by atoms with van der Waals surface area (Å²) in [5, 5.41) is 0.753. The second kappa shape index (κ2) is 7.07. The van der Waals surface area contributed by atoms with E-state index in [1.54, 1.807) is 0 Å². The van der Waals surface area contributed by atoms with Gasteiger partial charge in [0.05, 0.1) is 0 Å². The molecule has 0 saturated heterocycles. The molecule has 1 aliphatic carbocycles. The van der Waals surface area contributed by atoms with Crippen LogP contribution in [0, 0.1) is 5.92 Å². The summed E-state index contributed by atoms with van der Waals surface area (Å²) in [5.74, 6) is 0.914. The highest BCUT2D eigenvalue weighted by Gasteiger charge is 2.19. The first-order valence-corrected chi connectivity index (χ1v) is 8.12. The maximum absolute atomic E-state index is 6.25. The highest BCUT2D eigenvalue weighted by molar-refractivity contribution is 9.10. The van der Waals surface area contributed by atoms with Gasteiger partial charge in [-0.15, -0.1) is 0 Å². The van der Waals surface area contributed by atoms with E-state index >= 15 is 0 Å². The quantitative estimate of drug-likeness (QED) is 0.836. The molecule has 19 heavy (non-hydrogen) atoms. The normalized spacial score (nSPS) is 17.5. The van der Waals surface area contributed by atoms with Crippen LogP contribution in [0.3, 0.4) is 0 Å². The van der Waals surface area contributed by atoms with Crippen LogP contribution in [0.25, 0.3) is 0 Å². The lowest BCUT2D eigenvalue weighted by Crippen LogP contribution is -2.31. The van der Waals surface area contributed by atoms with E-state index in [4.69, 9.17) is 17.3 Å². The van der Waals surface area contributed by atoms with E-state index in [0.29, 0.717) is 0 Å². The molecule has 0 aromatic heterocycles. The lowest BCUT2D eigenvalue weighted by atomic mass is 9.85. The highest BCUT2D eigenvalue weighted by atomic mass is 79.9. The molecule has 1 unspecified atom stereocenters. The summed E-state index contributed by atoms with van der Waals surface area (Å²) in [6, 6.07) is 5.95. The number of rotatable bonds is 6. The van der Waals surface area contributed by atoms with Gasteiger partial charge in [-0.2, -0.15) is 0 Å². The summed E-state index contributed by atoms with van der Waals surface area (Å²) in [5.41, 5.74) is 7.29. The van der Waals surface area contributed by atoms with Crippen LogP contribution in [0.5, 0.6) is 0 Å². The van der Waals surface area contributed by atoms with Crippen LogP contribution in [0.1, 0.15) is 37.3 Å². The van der Waals surface area contributed by atoms with Gasteiger partial charge in [-0.1, -0.05) is 40.0 Å². The topological polar surface area (TPSA) is 29.3 Å². The van der Waals surface area contributed by atoms with Gasteiger partial charge in [0.2, 0.25) is 0 Å². The minimum absolute atomic E-state index is 0.0180. The number of hydrogen-bond acceptors (Lipinski definition) is 2. The number of benzene rings is 1. The Bertz CT molecular complexity index is 421. The molecule has 1 aliphatic rings. The van der Waals surface area contributed by atoms with Crippen molar-refractivity contribution in [2.45, 2.75) is 31.7 Å². The van der Waals surface area contributed by atoms with Crippen LogP contribution in [0.15, 0.2) is 22.7 Å². The minimum Gasteiger partial charge on any atom is -0.324 e. The molecule has 1 saturated carbocycles. The molecule has 4 heteroatoms. The molecule has 0 heterocycles. The Balaban J connectivity index is 1.81. The molecule has 1 atom stereocenters. The average molecular weight is 346 g/mol. The number of hydrogen-bond donors (Lipinski definition) is 1.